The number of ether oxygens (including phenoxy) is 1. The molecule has 2 aromatic rings. The number of aromatic hydroxyl groups is 2. The van der Waals surface area contributed by atoms with Crippen molar-refractivity contribution in [2.75, 3.05) is 6.54 Å². The number of carboxylic acids is 1. The summed E-state index contributed by atoms with van der Waals surface area (Å²) in [7, 11) is 0. The fourth-order valence-electron chi connectivity index (χ4n) is 2.17. The first-order valence-electron chi connectivity index (χ1n) is 8.86. The lowest BCUT2D eigenvalue weighted by molar-refractivity contribution is -0.159. The van der Waals surface area contributed by atoms with E-state index in [0.29, 0.717) is 0 Å². The van der Waals surface area contributed by atoms with Gasteiger partial charge >= 0.3 is 17.9 Å². The largest absolute Gasteiger partial charge is 0.508 e. The van der Waals surface area contributed by atoms with E-state index in [2.05, 4.69) is 4.74 Å². The van der Waals surface area contributed by atoms with Crippen LogP contribution in [-0.2, 0) is 32.0 Å². The summed E-state index contributed by atoms with van der Waals surface area (Å²) in [6, 6.07) is 10.7. The SMILES string of the molecule is NCC(=O)OC(=O)[C@@H](N)Cc1ccc(O)cc1.N[C@@H](Cc1ccc(O)cc1)C(=O)O. The summed E-state index contributed by atoms with van der Waals surface area (Å²) in [5, 5.41) is 26.5. The molecule has 9 N–H and O–H groups in total. The van der Waals surface area contributed by atoms with E-state index in [1.54, 1.807) is 24.3 Å². The van der Waals surface area contributed by atoms with Crippen LogP contribution in [0.25, 0.3) is 0 Å². The third-order valence-electron chi connectivity index (χ3n) is 3.78. The van der Waals surface area contributed by atoms with Crippen LogP contribution < -0.4 is 17.2 Å². The van der Waals surface area contributed by atoms with Crippen LogP contribution in [0.2, 0.25) is 0 Å². The highest BCUT2D eigenvalue weighted by Crippen LogP contribution is 2.11. The van der Waals surface area contributed by atoms with Gasteiger partial charge in [0.2, 0.25) is 0 Å². The number of phenolic OH excluding ortho intramolecular Hbond substituents is 2. The lowest BCUT2D eigenvalue weighted by atomic mass is 10.1. The Morgan fingerprint density at radius 3 is 1.57 bits per heavy atom. The Bertz CT molecular complexity index is 838. The third-order valence-corrected chi connectivity index (χ3v) is 3.78. The predicted octanol–water partition coefficient (Wildman–Crippen LogP) is -0.363. The number of esters is 2. The maximum atomic E-state index is 11.3. The fourth-order valence-corrected chi connectivity index (χ4v) is 2.17. The smallest absolute Gasteiger partial charge is 0.330 e. The summed E-state index contributed by atoms with van der Waals surface area (Å²) in [5.41, 5.74) is 17.4. The first-order chi connectivity index (χ1) is 14.1. The predicted molar refractivity (Wildman–Crippen MR) is 107 cm³/mol. The van der Waals surface area contributed by atoms with Gasteiger partial charge < -0.3 is 37.3 Å². The van der Waals surface area contributed by atoms with Gasteiger partial charge in [-0.15, -0.1) is 0 Å². The average molecular weight is 419 g/mol. The van der Waals surface area contributed by atoms with E-state index in [-0.39, 0.29) is 30.9 Å². The monoisotopic (exact) mass is 419 g/mol. The van der Waals surface area contributed by atoms with Crippen LogP contribution in [-0.4, -0.2) is 51.9 Å². The molecule has 0 spiro atoms. The van der Waals surface area contributed by atoms with Crippen LogP contribution in [0.15, 0.2) is 48.5 Å². The van der Waals surface area contributed by atoms with E-state index in [1.165, 1.54) is 24.3 Å². The molecule has 10 nitrogen and oxygen atoms in total. The van der Waals surface area contributed by atoms with Crippen molar-refractivity contribution < 1.29 is 34.4 Å². The summed E-state index contributed by atoms with van der Waals surface area (Å²) >= 11 is 0. The van der Waals surface area contributed by atoms with Crippen molar-refractivity contribution in [3.8, 4) is 11.5 Å². The Labute approximate surface area is 172 Å². The average Bonchev–Trinajstić information content (AvgIpc) is 2.71. The molecule has 0 bridgehead atoms. The molecule has 0 amide bonds. The molecule has 0 heterocycles. The van der Waals surface area contributed by atoms with Gasteiger partial charge in [0.25, 0.3) is 0 Å². The Kier molecular flexibility index (Phi) is 9.97. The van der Waals surface area contributed by atoms with Gasteiger partial charge in [-0.05, 0) is 48.2 Å². The lowest BCUT2D eigenvalue weighted by Crippen LogP contribution is -2.36. The van der Waals surface area contributed by atoms with Gasteiger partial charge in [0, 0.05) is 0 Å². The number of nitrogens with two attached hydrogens (primary N) is 3. The van der Waals surface area contributed by atoms with E-state index < -0.39 is 30.0 Å². The van der Waals surface area contributed by atoms with Crippen LogP contribution in [0, 0.1) is 0 Å². The number of rotatable bonds is 7. The molecule has 0 saturated heterocycles. The Balaban J connectivity index is 0.000000311. The molecule has 2 rings (SSSR count). The molecule has 0 aromatic heterocycles. The molecule has 0 fully saturated rings. The Morgan fingerprint density at radius 1 is 0.800 bits per heavy atom. The van der Waals surface area contributed by atoms with Crippen LogP contribution >= 0.6 is 0 Å². The van der Waals surface area contributed by atoms with Gasteiger partial charge in [-0.1, -0.05) is 24.3 Å². The molecule has 30 heavy (non-hydrogen) atoms. The van der Waals surface area contributed by atoms with E-state index in [4.69, 9.17) is 32.5 Å². The zero-order valence-electron chi connectivity index (χ0n) is 16.1. The molecule has 0 saturated carbocycles. The highest BCUT2D eigenvalue weighted by molar-refractivity contribution is 5.89. The van der Waals surface area contributed by atoms with Crippen molar-refractivity contribution in [2.24, 2.45) is 17.2 Å². The van der Waals surface area contributed by atoms with Gasteiger partial charge in [-0.3, -0.25) is 9.59 Å². The number of hydrogen-bond acceptors (Lipinski definition) is 9. The molecule has 0 aliphatic carbocycles. The van der Waals surface area contributed by atoms with Crippen LogP contribution in [0.3, 0.4) is 0 Å². The van der Waals surface area contributed by atoms with Gasteiger partial charge in [0.1, 0.15) is 23.6 Å². The first-order valence-corrected chi connectivity index (χ1v) is 8.86. The van der Waals surface area contributed by atoms with Crippen molar-refractivity contribution in [1.82, 2.24) is 0 Å². The molecule has 0 aliphatic heterocycles. The molecular weight excluding hydrogens is 394 g/mol. The lowest BCUT2D eigenvalue weighted by Gasteiger charge is -2.09. The number of hydrogen-bond donors (Lipinski definition) is 6. The number of carbonyl (C=O) groups is 3. The second-order valence-electron chi connectivity index (χ2n) is 6.29. The summed E-state index contributed by atoms with van der Waals surface area (Å²) in [6.45, 7) is -0.363. The zero-order valence-corrected chi connectivity index (χ0v) is 16.1. The highest BCUT2D eigenvalue weighted by atomic mass is 16.6. The molecule has 0 radical (unpaired) electrons. The Morgan fingerprint density at radius 2 is 1.20 bits per heavy atom. The van der Waals surface area contributed by atoms with Gasteiger partial charge in [-0.25, -0.2) is 4.79 Å². The molecular formula is C20H25N3O7. The van der Waals surface area contributed by atoms with Gasteiger partial charge in [-0.2, -0.15) is 0 Å². The summed E-state index contributed by atoms with van der Waals surface area (Å²) in [5.74, 6) is -2.35. The van der Waals surface area contributed by atoms with Crippen molar-refractivity contribution in [3.05, 3.63) is 59.7 Å². The van der Waals surface area contributed by atoms with E-state index in [9.17, 15) is 14.4 Å². The first kappa shape index (κ1) is 24.6. The number of carboxylic acid groups (broad SMARTS) is 1. The molecule has 10 heteroatoms. The summed E-state index contributed by atoms with van der Waals surface area (Å²) < 4.78 is 4.38. The minimum Gasteiger partial charge on any atom is -0.508 e. The number of phenols is 2. The normalized spacial score (nSPS) is 12.1. The quantitative estimate of drug-likeness (QED) is 0.254. The second-order valence-corrected chi connectivity index (χ2v) is 6.29. The maximum Gasteiger partial charge on any atom is 0.330 e. The molecule has 162 valence electrons. The van der Waals surface area contributed by atoms with E-state index in [1.807, 2.05) is 0 Å². The maximum absolute atomic E-state index is 11.3. The summed E-state index contributed by atoms with van der Waals surface area (Å²) in [4.78, 5) is 32.5. The number of aliphatic carboxylic acids is 1. The molecule has 0 unspecified atom stereocenters. The minimum absolute atomic E-state index is 0.128. The summed E-state index contributed by atoms with van der Waals surface area (Å²) in [6.07, 6.45) is 0.493. The number of carbonyl (C=O) groups excluding carboxylic acids is 2. The highest BCUT2D eigenvalue weighted by Gasteiger charge is 2.18. The van der Waals surface area contributed by atoms with E-state index in [0.717, 1.165) is 11.1 Å². The third kappa shape index (κ3) is 9.15. The topological polar surface area (TPSA) is 199 Å². The van der Waals surface area contributed by atoms with Gasteiger partial charge in [0.05, 0.1) is 6.54 Å². The second kappa shape index (κ2) is 12.2. The van der Waals surface area contributed by atoms with Crippen molar-refractivity contribution in [1.29, 1.82) is 0 Å². The Hall–Kier alpha value is -3.47. The van der Waals surface area contributed by atoms with Crippen LogP contribution in [0.5, 0.6) is 11.5 Å². The standard InChI is InChI=1S/C11H14N2O4.C9H11NO3/c12-6-10(15)17-11(16)9(13)5-7-1-3-8(14)4-2-7;10-8(9(12)13)5-6-1-3-7(11)4-2-6/h1-4,9,14H,5-6,12-13H2;1-4,8,11H,5,10H2,(H,12,13)/t9-;8-/m00/s1. The molecule has 2 aromatic carbocycles. The van der Waals surface area contributed by atoms with Crippen LogP contribution in [0.1, 0.15) is 11.1 Å². The van der Waals surface area contributed by atoms with E-state index >= 15 is 0 Å². The fraction of sp³-hybridized carbons (Fsp3) is 0.250. The molecule has 0 aliphatic rings. The molecule has 2 atom stereocenters. The van der Waals surface area contributed by atoms with Crippen LogP contribution in [0.4, 0.5) is 0 Å². The minimum atomic E-state index is -1.02. The van der Waals surface area contributed by atoms with Crippen molar-refractivity contribution in [3.63, 3.8) is 0 Å². The van der Waals surface area contributed by atoms with Gasteiger partial charge in [0.15, 0.2) is 0 Å². The van der Waals surface area contributed by atoms with Crippen molar-refractivity contribution >= 4 is 17.9 Å². The zero-order chi connectivity index (χ0) is 22.7. The number of benzene rings is 2. The van der Waals surface area contributed by atoms with Crippen molar-refractivity contribution in [2.45, 2.75) is 24.9 Å².